The van der Waals surface area contributed by atoms with Gasteiger partial charge in [-0.2, -0.15) is 5.26 Å². The maximum Gasteiger partial charge on any atom is 0.214 e. The largest absolute Gasteiger partial charge is 0.346 e. The molecular formula is C14H14N6. The average Bonchev–Trinajstić information content (AvgIpc) is 3.11. The summed E-state index contributed by atoms with van der Waals surface area (Å²) in [7, 11) is 0. The van der Waals surface area contributed by atoms with Crippen LogP contribution < -0.4 is 5.32 Å². The van der Waals surface area contributed by atoms with Gasteiger partial charge in [0.2, 0.25) is 5.82 Å². The van der Waals surface area contributed by atoms with Crippen molar-refractivity contribution in [1.82, 2.24) is 24.8 Å². The van der Waals surface area contributed by atoms with E-state index in [9.17, 15) is 5.26 Å². The highest BCUT2D eigenvalue weighted by Gasteiger charge is 2.22. The molecule has 0 spiro atoms. The van der Waals surface area contributed by atoms with Crippen LogP contribution in [-0.2, 0) is 0 Å². The second-order valence-electron chi connectivity index (χ2n) is 5.13. The molecule has 100 valence electrons. The summed E-state index contributed by atoms with van der Waals surface area (Å²) in [6.07, 6.45) is 5.66. The first-order valence-corrected chi connectivity index (χ1v) is 6.83. The van der Waals surface area contributed by atoms with Gasteiger partial charge in [0.15, 0.2) is 0 Å². The molecular weight excluding hydrogens is 252 g/mol. The van der Waals surface area contributed by atoms with E-state index in [1.807, 2.05) is 12.3 Å². The molecule has 1 aliphatic heterocycles. The number of piperidine rings is 1. The number of hydrogen-bond donors (Lipinski definition) is 2. The summed E-state index contributed by atoms with van der Waals surface area (Å²) in [4.78, 5) is 11.9. The molecule has 0 amide bonds. The Morgan fingerprint density at radius 3 is 3.00 bits per heavy atom. The maximum absolute atomic E-state index is 9.40. The minimum Gasteiger partial charge on any atom is -0.346 e. The van der Waals surface area contributed by atoms with Crippen LogP contribution >= 0.6 is 0 Å². The number of imidazole rings is 1. The summed E-state index contributed by atoms with van der Waals surface area (Å²) in [5.74, 6) is 0.488. The molecule has 4 heterocycles. The third kappa shape index (κ3) is 1.53. The van der Waals surface area contributed by atoms with Crippen LogP contribution in [0.15, 0.2) is 18.5 Å². The molecule has 1 aliphatic rings. The first kappa shape index (κ1) is 11.4. The first-order chi connectivity index (χ1) is 9.88. The summed E-state index contributed by atoms with van der Waals surface area (Å²) >= 11 is 0. The molecule has 20 heavy (non-hydrogen) atoms. The molecule has 0 radical (unpaired) electrons. The van der Waals surface area contributed by atoms with Gasteiger partial charge in [0.25, 0.3) is 0 Å². The number of aromatic nitrogens is 4. The normalized spacial score (nSPS) is 16.8. The van der Waals surface area contributed by atoms with Crippen molar-refractivity contribution in [2.24, 2.45) is 0 Å². The van der Waals surface area contributed by atoms with Gasteiger partial charge < -0.3 is 14.9 Å². The van der Waals surface area contributed by atoms with Crippen molar-refractivity contribution in [3.63, 3.8) is 0 Å². The lowest BCUT2D eigenvalue weighted by Crippen LogP contribution is -2.29. The minimum absolute atomic E-state index is 0.330. The van der Waals surface area contributed by atoms with Gasteiger partial charge in [-0.3, -0.25) is 0 Å². The SMILES string of the molecule is N#Cc1nc2cnc3[nH]ccc3c2n1C1CCNCC1. The molecule has 6 nitrogen and oxygen atoms in total. The zero-order chi connectivity index (χ0) is 13.5. The molecule has 2 N–H and O–H groups in total. The van der Waals surface area contributed by atoms with Crippen molar-refractivity contribution in [3.8, 4) is 6.07 Å². The molecule has 6 heteroatoms. The molecule has 3 aromatic heterocycles. The van der Waals surface area contributed by atoms with Gasteiger partial charge in [0.05, 0.1) is 11.7 Å². The Morgan fingerprint density at radius 1 is 1.35 bits per heavy atom. The molecule has 0 aromatic carbocycles. The van der Waals surface area contributed by atoms with E-state index in [4.69, 9.17) is 0 Å². The van der Waals surface area contributed by atoms with Gasteiger partial charge in [0, 0.05) is 17.6 Å². The Balaban J connectivity index is 2.04. The van der Waals surface area contributed by atoms with Crippen molar-refractivity contribution < 1.29 is 0 Å². The monoisotopic (exact) mass is 266 g/mol. The molecule has 0 atom stereocenters. The second-order valence-corrected chi connectivity index (χ2v) is 5.13. The van der Waals surface area contributed by atoms with Gasteiger partial charge in [-0.25, -0.2) is 9.97 Å². The third-order valence-electron chi connectivity index (χ3n) is 4.01. The predicted molar refractivity (Wildman–Crippen MR) is 75.2 cm³/mol. The fraction of sp³-hybridized carbons (Fsp3) is 0.357. The topological polar surface area (TPSA) is 82.3 Å². The van der Waals surface area contributed by atoms with E-state index >= 15 is 0 Å². The van der Waals surface area contributed by atoms with Crippen molar-refractivity contribution >= 4 is 22.1 Å². The quantitative estimate of drug-likeness (QED) is 0.702. The van der Waals surface area contributed by atoms with E-state index in [2.05, 4.69) is 30.9 Å². The minimum atomic E-state index is 0.330. The number of hydrogen-bond acceptors (Lipinski definition) is 4. The molecule has 1 fully saturated rings. The Bertz CT molecular complexity index is 815. The summed E-state index contributed by atoms with van der Waals surface area (Å²) in [6, 6.07) is 4.57. The maximum atomic E-state index is 9.40. The first-order valence-electron chi connectivity index (χ1n) is 6.83. The summed E-state index contributed by atoms with van der Waals surface area (Å²) < 4.78 is 2.11. The highest BCUT2D eigenvalue weighted by atomic mass is 15.1. The number of nitrogens with one attached hydrogen (secondary N) is 2. The molecule has 0 bridgehead atoms. The predicted octanol–water partition coefficient (Wildman–Crippen LogP) is 1.71. The van der Waals surface area contributed by atoms with E-state index in [-0.39, 0.29) is 0 Å². The summed E-state index contributed by atoms with van der Waals surface area (Å²) in [5.41, 5.74) is 2.67. The van der Waals surface area contributed by atoms with Crippen LogP contribution in [0.5, 0.6) is 0 Å². The molecule has 0 unspecified atom stereocenters. The average molecular weight is 266 g/mol. The van der Waals surface area contributed by atoms with Gasteiger partial charge in [-0.1, -0.05) is 0 Å². The Hall–Kier alpha value is -2.39. The van der Waals surface area contributed by atoms with Gasteiger partial charge >= 0.3 is 0 Å². The molecule has 0 saturated carbocycles. The van der Waals surface area contributed by atoms with Crippen LogP contribution in [0.3, 0.4) is 0 Å². The number of nitrogens with zero attached hydrogens (tertiary/aromatic N) is 4. The van der Waals surface area contributed by atoms with Crippen molar-refractivity contribution in [1.29, 1.82) is 5.26 Å². The van der Waals surface area contributed by atoms with Crippen molar-refractivity contribution in [3.05, 3.63) is 24.3 Å². The zero-order valence-corrected chi connectivity index (χ0v) is 10.9. The number of H-pyrrole nitrogens is 1. The fourth-order valence-electron chi connectivity index (χ4n) is 3.09. The lowest BCUT2D eigenvalue weighted by Gasteiger charge is -2.25. The van der Waals surface area contributed by atoms with Crippen LogP contribution in [0.2, 0.25) is 0 Å². The molecule has 4 rings (SSSR count). The number of nitriles is 1. The van der Waals surface area contributed by atoms with Crippen LogP contribution in [0.1, 0.15) is 24.7 Å². The second kappa shape index (κ2) is 4.32. The van der Waals surface area contributed by atoms with Gasteiger partial charge in [-0.15, -0.1) is 0 Å². The standard InChI is InChI=1S/C14H14N6/c15-7-12-19-11-8-18-14-10(3-6-17-14)13(11)20(12)9-1-4-16-5-2-9/h3,6,8-9,16H,1-2,4-5H2,(H,17,18). The van der Waals surface area contributed by atoms with Crippen LogP contribution in [-0.4, -0.2) is 32.6 Å². The Kier molecular flexibility index (Phi) is 2.47. The highest BCUT2D eigenvalue weighted by molar-refractivity contribution is 6.01. The van der Waals surface area contributed by atoms with Gasteiger partial charge in [-0.05, 0) is 32.0 Å². The van der Waals surface area contributed by atoms with Gasteiger partial charge in [0.1, 0.15) is 17.2 Å². The van der Waals surface area contributed by atoms with E-state index in [1.165, 1.54) is 0 Å². The number of fused-ring (bicyclic) bond motifs is 3. The zero-order valence-electron chi connectivity index (χ0n) is 10.9. The van der Waals surface area contributed by atoms with Crippen LogP contribution in [0, 0.1) is 11.3 Å². The summed E-state index contributed by atoms with van der Waals surface area (Å²) in [5, 5.41) is 13.8. The Labute approximate surface area is 115 Å². The molecule has 1 saturated heterocycles. The van der Waals surface area contributed by atoms with Crippen LogP contribution in [0.25, 0.3) is 22.1 Å². The smallest absolute Gasteiger partial charge is 0.214 e. The van der Waals surface area contributed by atoms with Crippen LogP contribution in [0.4, 0.5) is 0 Å². The summed E-state index contributed by atoms with van der Waals surface area (Å²) in [6.45, 7) is 1.97. The molecule has 0 aliphatic carbocycles. The number of aromatic amines is 1. The lowest BCUT2D eigenvalue weighted by molar-refractivity contribution is 0.373. The Morgan fingerprint density at radius 2 is 2.20 bits per heavy atom. The highest BCUT2D eigenvalue weighted by Crippen LogP contribution is 2.30. The van der Waals surface area contributed by atoms with Crippen molar-refractivity contribution in [2.75, 3.05) is 13.1 Å². The number of pyridine rings is 1. The number of rotatable bonds is 1. The van der Waals surface area contributed by atoms with E-state index in [0.717, 1.165) is 48.0 Å². The van der Waals surface area contributed by atoms with E-state index in [1.54, 1.807) is 6.20 Å². The van der Waals surface area contributed by atoms with E-state index < -0.39 is 0 Å². The molecule has 3 aromatic rings. The van der Waals surface area contributed by atoms with Crippen molar-refractivity contribution in [2.45, 2.75) is 18.9 Å². The fourth-order valence-corrected chi connectivity index (χ4v) is 3.09. The third-order valence-corrected chi connectivity index (χ3v) is 4.01. The lowest BCUT2D eigenvalue weighted by atomic mass is 10.1. The van der Waals surface area contributed by atoms with E-state index in [0.29, 0.717) is 11.9 Å².